The maximum atomic E-state index is 13.5. The number of unbranched alkanes of at least 4 members (excludes halogenated alkanes) is 1. The fourth-order valence-corrected chi connectivity index (χ4v) is 4.01. The van der Waals surface area contributed by atoms with E-state index in [-0.39, 0.29) is 25.0 Å². The third-order valence-corrected chi connectivity index (χ3v) is 6.64. The molecule has 5 amide bonds. The summed E-state index contributed by atoms with van der Waals surface area (Å²) in [5.41, 5.74) is 17.2. The monoisotopic (exact) mass is 637 g/mol. The number of hydrogen-bond donors (Lipinski definition) is 10. The number of aromatic hydroxyl groups is 1. The number of carboxylic acid groups (broad SMARTS) is 2. The average molecular weight is 638 g/mol. The third kappa shape index (κ3) is 15.0. The summed E-state index contributed by atoms with van der Waals surface area (Å²) in [6, 6.07) is -0.826. The summed E-state index contributed by atoms with van der Waals surface area (Å²) in [4.78, 5) is 86.2. The summed E-state index contributed by atoms with van der Waals surface area (Å²) in [5.74, 6) is -7.00. The van der Waals surface area contributed by atoms with Crippen molar-refractivity contribution in [1.82, 2.24) is 21.3 Å². The summed E-state index contributed by atoms with van der Waals surface area (Å²) >= 11 is 0. The number of phenols is 1. The molecule has 17 heteroatoms. The Balaban J connectivity index is 3.24. The van der Waals surface area contributed by atoms with Crippen LogP contribution in [0.4, 0.5) is 0 Å². The highest BCUT2D eigenvalue weighted by molar-refractivity contribution is 5.95. The molecule has 1 aromatic rings. The van der Waals surface area contributed by atoms with Gasteiger partial charge >= 0.3 is 11.9 Å². The fourth-order valence-electron chi connectivity index (χ4n) is 4.01. The number of primary amides is 1. The Kier molecular flexibility index (Phi) is 16.6. The Bertz CT molecular complexity index is 1190. The van der Waals surface area contributed by atoms with Gasteiger partial charge in [0.25, 0.3) is 0 Å². The second kappa shape index (κ2) is 19.5. The van der Waals surface area contributed by atoms with E-state index in [0.717, 1.165) is 0 Å². The number of rotatable bonds is 21. The number of amides is 5. The molecule has 13 N–H and O–H groups in total. The highest BCUT2D eigenvalue weighted by atomic mass is 16.4. The molecule has 0 fully saturated rings. The number of phenolic OH excluding ortho intramolecular Hbond substituents is 1. The molecule has 0 aliphatic carbocycles. The van der Waals surface area contributed by atoms with Crippen LogP contribution in [0.2, 0.25) is 0 Å². The van der Waals surface area contributed by atoms with Crippen molar-refractivity contribution < 1.29 is 48.9 Å². The molecule has 17 nitrogen and oxygen atoms in total. The summed E-state index contributed by atoms with van der Waals surface area (Å²) in [6.45, 7) is 1.57. The molecule has 0 saturated carbocycles. The van der Waals surface area contributed by atoms with E-state index in [2.05, 4.69) is 21.3 Å². The number of nitrogens with one attached hydrogen (secondary N) is 4. The number of nitrogens with two attached hydrogens (primary N) is 3. The van der Waals surface area contributed by atoms with Crippen LogP contribution in [0.5, 0.6) is 5.75 Å². The Labute approximate surface area is 259 Å². The standard InChI is InChI=1S/C28H43N7O10/c1-15(28(44)45)32-25(41)20(10-12-23(38)39)33-26(42)19(9-11-22(31)37)34-27(43)21(14-16-5-7-17(36)8-6-16)35-24(40)18(30)4-2-3-13-29/h5-8,15,18-21,36H,2-4,9-14,29-30H2,1H3,(H2,31,37)(H,32,41)(H,33,42)(H,34,43)(H,35,40)(H,38,39)(H,44,45)/t15-,18-,19-,20-,21-/m0/s1. The lowest BCUT2D eigenvalue weighted by Crippen LogP contribution is -2.58. The van der Waals surface area contributed by atoms with Gasteiger partial charge in [-0.3, -0.25) is 33.6 Å². The third-order valence-electron chi connectivity index (χ3n) is 6.64. The van der Waals surface area contributed by atoms with E-state index in [0.29, 0.717) is 31.4 Å². The smallest absolute Gasteiger partial charge is 0.325 e. The highest BCUT2D eigenvalue weighted by Gasteiger charge is 2.31. The minimum atomic E-state index is -1.51. The van der Waals surface area contributed by atoms with Gasteiger partial charge in [-0.25, -0.2) is 0 Å². The van der Waals surface area contributed by atoms with Crippen molar-refractivity contribution >= 4 is 41.5 Å². The Morgan fingerprint density at radius 1 is 0.733 bits per heavy atom. The molecule has 0 unspecified atom stereocenters. The minimum Gasteiger partial charge on any atom is -0.508 e. The largest absolute Gasteiger partial charge is 0.508 e. The Morgan fingerprint density at radius 2 is 1.24 bits per heavy atom. The maximum absolute atomic E-state index is 13.5. The van der Waals surface area contributed by atoms with Crippen molar-refractivity contribution in [3.63, 3.8) is 0 Å². The van der Waals surface area contributed by atoms with Crippen molar-refractivity contribution in [3.8, 4) is 5.75 Å². The van der Waals surface area contributed by atoms with Crippen LogP contribution >= 0.6 is 0 Å². The van der Waals surface area contributed by atoms with Crippen molar-refractivity contribution in [2.45, 2.75) is 88.5 Å². The van der Waals surface area contributed by atoms with Gasteiger partial charge in [-0.15, -0.1) is 0 Å². The zero-order valence-electron chi connectivity index (χ0n) is 25.0. The van der Waals surface area contributed by atoms with Gasteiger partial charge in [-0.05, 0) is 56.8 Å². The molecule has 250 valence electrons. The van der Waals surface area contributed by atoms with Crippen LogP contribution in [0.15, 0.2) is 24.3 Å². The van der Waals surface area contributed by atoms with E-state index < -0.39 is 84.5 Å². The zero-order chi connectivity index (χ0) is 34.1. The van der Waals surface area contributed by atoms with Gasteiger partial charge in [0, 0.05) is 19.3 Å². The molecule has 0 spiro atoms. The Morgan fingerprint density at radius 3 is 1.76 bits per heavy atom. The van der Waals surface area contributed by atoms with E-state index >= 15 is 0 Å². The molecule has 1 rings (SSSR count). The van der Waals surface area contributed by atoms with Crippen LogP contribution in [0.25, 0.3) is 0 Å². The first-order valence-electron chi connectivity index (χ1n) is 14.3. The Hall–Kier alpha value is -4.77. The molecular formula is C28H43N7O10. The lowest BCUT2D eigenvalue weighted by atomic mass is 10.0. The molecule has 0 aliphatic heterocycles. The van der Waals surface area contributed by atoms with Gasteiger partial charge in [-0.2, -0.15) is 0 Å². The van der Waals surface area contributed by atoms with Gasteiger partial charge < -0.3 is 53.8 Å². The highest BCUT2D eigenvalue weighted by Crippen LogP contribution is 2.13. The fraction of sp³-hybridized carbons (Fsp3) is 0.536. The van der Waals surface area contributed by atoms with E-state index in [1.165, 1.54) is 31.2 Å². The lowest BCUT2D eigenvalue weighted by Gasteiger charge is -2.26. The predicted octanol–water partition coefficient (Wildman–Crippen LogP) is -2.43. The number of benzene rings is 1. The predicted molar refractivity (Wildman–Crippen MR) is 159 cm³/mol. The molecule has 0 radical (unpaired) electrons. The van der Waals surface area contributed by atoms with Crippen LogP contribution in [0.3, 0.4) is 0 Å². The molecule has 0 heterocycles. The quantitative estimate of drug-likeness (QED) is 0.0629. The van der Waals surface area contributed by atoms with Gasteiger partial charge in [0.2, 0.25) is 29.5 Å². The molecule has 45 heavy (non-hydrogen) atoms. The van der Waals surface area contributed by atoms with Crippen LogP contribution in [0.1, 0.15) is 57.4 Å². The molecule has 0 aromatic heterocycles. The van der Waals surface area contributed by atoms with Crippen LogP contribution in [-0.4, -0.2) is 93.5 Å². The number of carboxylic acids is 2. The molecule has 0 aliphatic rings. The normalized spacial score (nSPS) is 14.1. The number of aliphatic carboxylic acids is 2. The maximum Gasteiger partial charge on any atom is 0.325 e. The topological polar surface area (TPSA) is 306 Å². The van der Waals surface area contributed by atoms with Crippen LogP contribution in [0, 0.1) is 0 Å². The first-order valence-corrected chi connectivity index (χ1v) is 14.3. The summed E-state index contributed by atoms with van der Waals surface area (Å²) in [5, 5.41) is 37.3. The minimum absolute atomic E-state index is 0.0341. The van der Waals surface area contributed by atoms with E-state index in [4.69, 9.17) is 27.4 Å². The zero-order valence-corrected chi connectivity index (χ0v) is 25.0. The number of carbonyl (C=O) groups excluding carboxylic acids is 5. The second-order valence-electron chi connectivity index (χ2n) is 10.5. The number of carbonyl (C=O) groups is 7. The SMILES string of the molecule is C[C@H](NC(=O)[C@H](CCC(=O)O)NC(=O)[C@H](CCC(N)=O)NC(=O)[C@H](Cc1ccc(O)cc1)NC(=O)[C@@H](N)CCCCN)C(=O)O. The van der Waals surface area contributed by atoms with Gasteiger partial charge in [0.1, 0.15) is 29.9 Å². The van der Waals surface area contributed by atoms with Crippen molar-refractivity contribution in [3.05, 3.63) is 29.8 Å². The van der Waals surface area contributed by atoms with Gasteiger partial charge in [0.05, 0.1) is 6.04 Å². The molecule has 1 aromatic carbocycles. The van der Waals surface area contributed by atoms with E-state index in [9.17, 15) is 38.7 Å². The summed E-state index contributed by atoms with van der Waals surface area (Å²) < 4.78 is 0. The average Bonchev–Trinajstić information content (AvgIpc) is 2.97. The first-order chi connectivity index (χ1) is 21.1. The second-order valence-corrected chi connectivity index (χ2v) is 10.5. The van der Waals surface area contributed by atoms with Crippen molar-refractivity contribution in [2.24, 2.45) is 17.2 Å². The van der Waals surface area contributed by atoms with Crippen molar-refractivity contribution in [2.75, 3.05) is 6.54 Å². The van der Waals surface area contributed by atoms with E-state index in [1.807, 2.05) is 0 Å². The van der Waals surface area contributed by atoms with E-state index in [1.54, 1.807) is 0 Å². The van der Waals surface area contributed by atoms with Crippen molar-refractivity contribution in [1.29, 1.82) is 0 Å². The van der Waals surface area contributed by atoms with Gasteiger partial charge in [0.15, 0.2) is 0 Å². The van der Waals surface area contributed by atoms with Gasteiger partial charge in [-0.1, -0.05) is 18.6 Å². The van der Waals surface area contributed by atoms with Crippen LogP contribution < -0.4 is 38.5 Å². The molecule has 0 saturated heterocycles. The number of hydrogen-bond acceptors (Lipinski definition) is 10. The first kappa shape index (κ1) is 38.3. The van der Waals surface area contributed by atoms with Crippen LogP contribution in [-0.2, 0) is 40.0 Å². The molecular weight excluding hydrogens is 594 g/mol. The molecule has 5 atom stereocenters. The lowest BCUT2D eigenvalue weighted by molar-refractivity contribution is -0.142. The summed E-state index contributed by atoms with van der Waals surface area (Å²) in [6.07, 6.45) is -0.283. The molecule has 0 bridgehead atoms. The summed E-state index contributed by atoms with van der Waals surface area (Å²) in [7, 11) is 0.